The van der Waals surface area contributed by atoms with E-state index in [1.807, 2.05) is 12.3 Å². The number of para-hydroxylation sites is 1. The second-order valence-corrected chi connectivity index (χ2v) is 8.18. The first-order chi connectivity index (χ1) is 13.3. The van der Waals surface area contributed by atoms with Gasteiger partial charge in [-0.2, -0.15) is 0 Å². The van der Waals surface area contributed by atoms with Crippen molar-refractivity contribution in [3.05, 3.63) is 42.1 Å². The first kappa shape index (κ1) is 18.4. The van der Waals surface area contributed by atoms with Gasteiger partial charge in [0, 0.05) is 44.3 Å². The molecule has 2 aliphatic rings. The van der Waals surface area contributed by atoms with Gasteiger partial charge < -0.3 is 9.64 Å². The van der Waals surface area contributed by atoms with E-state index in [9.17, 15) is 4.79 Å². The van der Waals surface area contributed by atoms with Gasteiger partial charge in [0.1, 0.15) is 0 Å². The van der Waals surface area contributed by atoms with Crippen LogP contribution in [-0.2, 0) is 16.0 Å². The number of aromatic nitrogens is 1. The SMILES string of the molecule is O=C(CC1CCOCC1)N1CCCC(Cc2cnc3ccccc3c2)CC1. The van der Waals surface area contributed by atoms with E-state index in [-0.39, 0.29) is 0 Å². The van der Waals surface area contributed by atoms with Crippen molar-refractivity contribution in [1.29, 1.82) is 0 Å². The van der Waals surface area contributed by atoms with E-state index in [4.69, 9.17) is 4.74 Å². The molecule has 4 heteroatoms. The van der Waals surface area contributed by atoms with E-state index in [2.05, 4.69) is 34.1 Å². The summed E-state index contributed by atoms with van der Waals surface area (Å²) in [7, 11) is 0. The van der Waals surface area contributed by atoms with Crippen molar-refractivity contribution < 1.29 is 9.53 Å². The average Bonchev–Trinajstić information content (AvgIpc) is 2.94. The van der Waals surface area contributed by atoms with Crippen LogP contribution in [0.1, 0.15) is 44.1 Å². The van der Waals surface area contributed by atoms with Crippen LogP contribution < -0.4 is 0 Å². The summed E-state index contributed by atoms with van der Waals surface area (Å²) in [6.45, 7) is 3.47. The van der Waals surface area contributed by atoms with E-state index in [0.29, 0.717) is 24.2 Å². The molecule has 1 amide bonds. The van der Waals surface area contributed by atoms with E-state index in [1.165, 1.54) is 17.4 Å². The van der Waals surface area contributed by atoms with Crippen LogP contribution in [0.5, 0.6) is 0 Å². The summed E-state index contributed by atoms with van der Waals surface area (Å²) in [5, 5.41) is 1.22. The Balaban J connectivity index is 1.31. The zero-order chi connectivity index (χ0) is 18.5. The van der Waals surface area contributed by atoms with Crippen molar-refractivity contribution in [3.63, 3.8) is 0 Å². The zero-order valence-corrected chi connectivity index (χ0v) is 16.1. The van der Waals surface area contributed by atoms with E-state index >= 15 is 0 Å². The molecule has 2 aliphatic heterocycles. The maximum atomic E-state index is 12.7. The lowest BCUT2D eigenvalue weighted by Crippen LogP contribution is -2.34. The first-order valence-electron chi connectivity index (χ1n) is 10.5. The lowest BCUT2D eigenvalue weighted by Gasteiger charge is -2.26. The van der Waals surface area contributed by atoms with Crippen molar-refractivity contribution >= 4 is 16.8 Å². The molecular weight excluding hydrogens is 336 g/mol. The van der Waals surface area contributed by atoms with Gasteiger partial charge in [-0.05, 0) is 68.1 Å². The summed E-state index contributed by atoms with van der Waals surface area (Å²) in [4.78, 5) is 19.4. The van der Waals surface area contributed by atoms with Crippen LogP contribution in [-0.4, -0.2) is 42.1 Å². The van der Waals surface area contributed by atoms with Crippen LogP contribution >= 0.6 is 0 Å². The van der Waals surface area contributed by atoms with Gasteiger partial charge >= 0.3 is 0 Å². The highest BCUT2D eigenvalue weighted by atomic mass is 16.5. The predicted molar refractivity (Wildman–Crippen MR) is 108 cm³/mol. The molecule has 1 unspecified atom stereocenters. The van der Waals surface area contributed by atoms with Gasteiger partial charge in [0.05, 0.1) is 5.52 Å². The van der Waals surface area contributed by atoms with Crippen molar-refractivity contribution in [2.75, 3.05) is 26.3 Å². The molecule has 1 atom stereocenters. The van der Waals surface area contributed by atoms with Gasteiger partial charge in [-0.15, -0.1) is 0 Å². The highest BCUT2D eigenvalue weighted by Gasteiger charge is 2.24. The Kier molecular flexibility index (Phi) is 6.03. The zero-order valence-electron chi connectivity index (χ0n) is 16.1. The Hall–Kier alpha value is -1.94. The third-order valence-corrected chi connectivity index (χ3v) is 6.18. The number of nitrogens with zero attached hydrogens (tertiary/aromatic N) is 2. The number of likely N-dealkylation sites (tertiary alicyclic amines) is 1. The Morgan fingerprint density at radius 1 is 1.07 bits per heavy atom. The van der Waals surface area contributed by atoms with E-state index in [1.54, 1.807) is 0 Å². The third kappa shape index (κ3) is 4.86. The first-order valence-corrected chi connectivity index (χ1v) is 10.5. The fraction of sp³-hybridized carbons (Fsp3) is 0.565. The Morgan fingerprint density at radius 3 is 2.81 bits per heavy atom. The number of carbonyl (C=O) groups is 1. The number of pyridine rings is 1. The molecule has 4 rings (SSSR count). The molecule has 0 bridgehead atoms. The summed E-state index contributed by atoms with van der Waals surface area (Å²) in [5.41, 5.74) is 2.38. The minimum Gasteiger partial charge on any atom is -0.381 e. The van der Waals surface area contributed by atoms with Gasteiger partial charge in [-0.1, -0.05) is 18.2 Å². The normalized spacial score (nSPS) is 21.9. The quantitative estimate of drug-likeness (QED) is 0.813. The topological polar surface area (TPSA) is 42.4 Å². The van der Waals surface area contributed by atoms with Crippen LogP contribution in [0.3, 0.4) is 0 Å². The number of fused-ring (bicyclic) bond motifs is 1. The largest absolute Gasteiger partial charge is 0.381 e. The Labute approximate surface area is 161 Å². The Bertz CT molecular complexity index is 770. The van der Waals surface area contributed by atoms with Crippen LogP contribution in [0.2, 0.25) is 0 Å². The summed E-state index contributed by atoms with van der Waals surface area (Å²) < 4.78 is 5.41. The fourth-order valence-corrected chi connectivity index (χ4v) is 4.51. The standard InChI is InChI=1S/C23H30N2O2/c26-23(16-19-8-12-27-13-9-19)25-10-3-4-18(7-11-25)14-20-15-21-5-1-2-6-22(21)24-17-20/h1-2,5-6,15,17-19H,3-4,7-14,16H2. The summed E-state index contributed by atoms with van der Waals surface area (Å²) in [6.07, 6.45) is 9.31. The molecule has 0 aliphatic carbocycles. The van der Waals surface area contributed by atoms with Gasteiger partial charge in [0.2, 0.25) is 5.91 Å². The fourth-order valence-electron chi connectivity index (χ4n) is 4.51. The summed E-state index contributed by atoms with van der Waals surface area (Å²) >= 11 is 0. The van der Waals surface area contributed by atoms with E-state index < -0.39 is 0 Å². The average molecular weight is 367 g/mol. The molecule has 1 aromatic carbocycles. The second kappa shape index (κ2) is 8.83. The molecule has 0 saturated carbocycles. The minimum atomic E-state index is 0.356. The highest BCUT2D eigenvalue weighted by Crippen LogP contribution is 2.25. The number of hydrogen-bond donors (Lipinski definition) is 0. The molecule has 3 heterocycles. The number of carbonyl (C=O) groups excluding carboxylic acids is 1. The van der Waals surface area contributed by atoms with Gasteiger partial charge in [-0.25, -0.2) is 0 Å². The molecule has 4 nitrogen and oxygen atoms in total. The predicted octanol–water partition coefficient (Wildman–Crippen LogP) is 4.22. The molecule has 144 valence electrons. The number of ether oxygens (including phenoxy) is 1. The van der Waals surface area contributed by atoms with Gasteiger partial charge in [-0.3, -0.25) is 9.78 Å². The lowest BCUT2D eigenvalue weighted by atomic mass is 9.93. The minimum absolute atomic E-state index is 0.356. The summed E-state index contributed by atoms with van der Waals surface area (Å²) in [6, 6.07) is 10.6. The van der Waals surface area contributed by atoms with Gasteiger partial charge in [0.25, 0.3) is 0 Å². The van der Waals surface area contributed by atoms with Crippen molar-refractivity contribution in [2.45, 2.75) is 44.9 Å². The van der Waals surface area contributed by atoms with Gasteiger partial charge in [0.15, 0.2) is 0 Å². The second-order valence-electron chi connectivity index (χ2n) is 8.18. The molecule has 1 aromatic heterocycles. The van der Waals surface area contributed by atoms with Crippen molar-refractivity contribution in [3.8, 4) is 0 Å². The molecule has 2 fully saturated rings. The van der Waals surface area contributed by atoms with Crippen LogP contribution in [0.15, 0.2) is 36.5 Å². The molecule has 27 heavy (non-hydrogen) atoms. The van der Waals surface area contributed by atoms with Crippen molar-refractivity contribution in [2.24, 2.45) is 11.8 Å². The monoisotopic (exact) mass is 366 g/mol. The maximum absolute atomic E-state index is 12.7. The molecule has 2 aromatic rings. The molecule has 0 N–H and O–H groups in total. The maximum Gasteiger partial charge on any atom is 0.222 e. The Morgan fingerprint density at radius 2 is 1.93 bits per heavy atom. The van der Waals surface area contributed by atoms with Crippen LogP contribution in [0, 0.1) is 11.8 Å². The van der Waals surface area contributed by atoms with Crippen molar-refractivity contribution in [1.82, 2.24) is 9.88 Å². The summed E-state index contributed by atoms with van der Waals surface area (Å²) in [5.74, 6) is 1.53. The van der Waals surface area contributed by atoms with Crippen LogP contribution in [0.4, 0.5) is 0 Å². The van der Waals surface area contributed by atoms with Crippen LogP contribution in [0.25, 0.3) is 10.9 Å². The highest BCUT2D eigenvalue weighted by molar-refractivity contribution is 5.78. The number of benzene rings is 1. The lowest BCUT2D eigenvalue weighted by molar-refractivity contribution is -0.132. The smallest absolute Gasteiger partial charge is 0.222 e. The molecule has 0 spiro atoms. The third-order valence-electron chi connectivity index (χ3n) is 6.18. The number of rotatable bonds is 4. The van der Waals surface area contributed by atoms with E-state index in [0.717, 1.165) is 63.9 Å². The molecular formula is C23H30N2O2. The molecule has 2 saturated heterocycles. The molecule has 0 radical (unpaired) electrons. The number of amides is 1. The number of hydrogen-bond acceptors (Lipinski definition) is 3.